The lowest BCUT2D eigenvalue weighted by molar-refractivity contribution is 0.0243. The van der Waals surface area contributed by atoms with E-state index in [-0.39, 0.29) is 17.7 Å². The van der Waals surface area contributed by atoms with Crippen LogP contribution in [0, 0.1) is 17.1 Å². The average molecular weight is 404 g/mol. The quantitative estimate of drug-likeness (QED) is 0.767. The first-order chi connectivity index (χ1) is 10.2. The molecule has 1 saturated heterocycles. The molecule has 2 rings (SSSR count). The molecule has 114 valence electrons. The Morgan fingerprint density at radius 2 is 2.29 bits per heavy atom. The van der Waals surface area contributed by atoms with Crippen LogP contribution in [0.4, 0.5) is 4.39 Å². The Bertz CT molecular complexity index is 521. The first kappa shape index (κ1) is 16.6. The SMILES string of the molecule is N#Cc1cccc(CCN2C[C@H](O)CC[C@@H]2COI)c1F. The van der Waals surface area contributed by atoms with Crippen LogP contribution < -0.4 is 0 Å². The molecule has 0 spiro atoms. The first-order valence-corrected chi connectivity index (χ1v) is 7.87. The van der Waals surface area contributed by atoms with Gasteiger partial charge in [-0.1, -0.05) is 12.1 Å². The van der Waals surface area contributed by atoms with Gasteiger partial charge in [-0.25, -0.2) is 4.39 Å². The van der Waals surface area contributed by atoms with Gasteiger partial charge in [-0.15, -0.1) is 0 Å². The molecule has 1 aromatic carbocycles. The summed E-state index contributed by atoms with van der Waals surface area (Å²) in [7, 11) is 0. The van der Waals surface area contributed by atoms with Crippen molar-refractivity contribution in [1.29, 1.82) is 5.26 Å². The zero-order valence-electron chi connectivity index (χ0n) is 11.6. The van der Waals surface area contributed by atoms with Crippen molar-refractivity contribution in [2.75, 3.05) is 19.7 Å². The van der Waals surface area contributed by atoms with Gasteiger partial charge in [-0.3, -0.25) is 4.90 Å². The molecule has 6 heteroatoms. The fraction of sp³-hybridized carbons (Fsp3) is 0.533. The van der Waals surface area contributed by atoms with Crippen molar-refractivity contribution in [1.82, 2.24) is 4.90 Å². The number of nitriles is 1. The van der Waals surface area contributed by atoms with Crippen LogP contribution in [0.5, 0.6) is 0 Å². The highest BCUT2D eigenvalue weighted by molar-refractivity contribution is 14.1. The van der Waals surface area contributed by atoms with Gasteiger partial charge in [0.25, 0.3) is 0 Å². The molecule has 2 atom stereocenters. The molecule has 0 aromatic heterocycles. The normalized spacial score (nSPS) is 23.0. The Labute approximate surface area is 138 Å². The van der Waals surface area contributed by atoms with E-state index in [0.29, 0.717) is 31.7 Å². The van der Waals surface area contributed by atoms with Gasteiger partial charge >= 0.3 is 0 Å². The summed E-state index contributed by atoms with van der Waals surface area (Å²) < 4.78 is 19.2. The highest BCUT2D eigenvalue weighted by Crippen LogP contribution is 2.20. The lowest BCUT2D eigenvalue weighted by atomic mass is 9.99. The Kier molecular flexibility index (Phi) is 6.36. The van der Waals surface area contributed by atoms with Gasteiger partial charge in [0.15, 0.2) is 0 Å². The van der Waals surface area contributed by atoms with Crippen molar-refractivity contribution in [2.45, 2.75) is 31.4 Å². The molecule has 0 saturated carbocycles. The number of benzene rings is 1. The van der Waals surface area contributed by atoms with Crippen molar-refractivity contribution >= 4 is 23.0 Å². The number of halogens is 2. The van der Waals surface area contributed by atoms with Gasteiger partial charge in [0.2, 0.25) is 0 Å². The van der Waals surface area contributed by atoms with E-state index < -0.39 is 5.82 Å². The average Bonchev–Trinajstić information content (AvgIpc) is 2.49. The maximum absolute atomic E-state index is 14.0. The number of likely N-dealkylation sites (tertiary alicyclic amines) is 1. The van der Waals surface area contributed by atoms with E-state index in [4.69, 9.17) is 8.33 Å². The molecule has 4 nitrogen and oxygen atoms in total. The third-order valence-corrected chi connectivity index (χ3v) is 4.28. The Hall–Kier alpha value is -0.750. The van der Waals surface area contributed by atoms with Crippen LogP contribution in [0.1, 0.15) is 24.0 Å². The highest BCUT2D eigenvalue weighted by atomic mass is 127. The Morgan fingerprint density at radius 1 is 1.48 bits per heavy atom. The minimum absolute atomic E-state index is 0.0818. The number of β-amino-alcohol motifs (C(OH)–C–C–N with tert-alkyl or cyclic N) is 1. The zero-order valence-corrected chi connectivity index (χ0v) is 13.8. The van der Waals surface area contributed by atoms with Crippen LogP contribution >= 0.6 is 23.0 Å². The van der Waals surface area contributed by atoms with Crippen LogP contribution in [0.15, 0.2) is 18.2 Å². The minimum atomic E-state index is -0.431. The standard InChI is InChI=1S/C15H18FIN2O2/c16-15-11(2-1-3-12(15)8-18)6-7-19-9-14(20)5-4-13(19)10-21-17/h1-3,13-14,20H,4-7,9-10H2/t13-,14-/m1/s1. The molecule has 1 fully saturated rings. The van der Waals surface area contributed by atoms with Crippen molar-refractivity contribution in [3.63, 3.8) is 0 Å². The smallest absolute Gasteiger partial charge is 0.144 e. The van der Waals surface area contributed by atoms with Crippen LogP contribution in [-0.2, 0) is 9.49 Å². The topological polar surface area (TPSA) is 56.5 Å². The molecular weight excluding hydrogens is 386 g/mol. The van der Waals surface area contributed by atoms with E-state index in [2.05, 4.69) is 4.90 Å². The van der Waals surface area contributed by atoms with Gasteiger partial charge in [0.1, 0.15) is 34.9 Å². The number of hydrogen-bond donors (Lipinski definition) is 1. The second-order valence-electron chi connectivity index (χ2n) is 5.30. The number of nitrogens with zero attached hydrogens (tertiary/aromatic N) is 2. The zero-order chi connectivity index (χ0) is 15.2. The molecule has 1 aliphatic rings. The number of aliphatic hydroxyl groups is 1. The maximum atomic E-state index is 14.0. The van der Waals surface area contributed by atoms with Crippen LogP contribution in [0.3, 0.4) is 0 Å². The van der Waals surface area contributed by atoms with E-state index in [9.17, 15) is 9.50 Å². The van der Waals surface area contributed by atoms with Crippen LogP contribution in [0.2, 0.25) is 0 Å². The Morgan fingerprint density at radius 3 is 3.00 bits per heavy atom. The molecule has 0 aliphatic carbocycles. The fourth-order valence-electron chi connectivity index (χ4n) is 2.74. The van der Waals surface area contributed by atoms with Crippen molar-refractivity contribution < 1.29 is 12.6 Å². The molecule has 1 heterocycles. The third-order valence-electron chi connectivity index (χ3n) is 3.92. The summed E-state index contributed by atoms with van der Waals surface area (Å²) in [4.78, 5) is 2.14. The lowest BCUT2D eigenvalue weighted by Crippen LogP contribution is -2.48. The monoisotopic (exact) mass is 404 g/mol. The van der Waals surface area contributed by atoms with Crippen molar-refractivity contribution in [3.8, 4) is 6.07 Å². The van der Waals surface area contributed by atoms with Crippen molar-refractivity contribution in [3.05, 3.63) is 35.1 Å². The summed E-state index contributed by atoms with van der Waals surface area (Å²) in [5, 5.41) is 18.7. The maximum Gasteiger partial charge on any atom is 0.144 e. The third kappa shape index (κ3) is 4.36. The van der Waals surface area contributed by atoms with E-state index in [1.54, 1.807) is 12.1 Å². The summed E-state index contributed by atoms with van der Waals surface area (Å²) in [6.45, 7) is 1.84. The van der Waals surface area contributed by atoms with Crippen LogP contribution in [-0.4, -0.2) is 41.8 Å². The molecule has 0 amide bonds. The first-order valence-electron chi connectivity index (χ1n) is 6.98. The highest BCUT2D eigenvalue weighted by Gasteiger charge is 2.27. The molecule has 0 radical (unpaired) electrons. The summed E-state index contributed by atoms with van der Waals surface area (Å²) in [5.41, 5.74) is 0.626. The Balaban J connectivity index is 2.02. The number of hydrogen-bond acceptors (Lipinski definition) is 4. The predicted octanol–water partition coefficient (Wildman–Crippen LogP) is 2.43. The number of rotatable bonds is 5. The molecule has 0 unspecified atom stereocenters. The predicted molar refractivity (Wildman–Crippen MR) is 85.4 cm³/mol. The van der Waals surface area contributed by atoms with E-state index in [0.717, 1.165) is 12.8 Å². The van der Waals surface area contributed by atoms with Crippen LogP contribution in [0.25, 0.3) is 0 Å². The van der Waals surface area contributed by atoms with Gasteiger partial charge in [-0.2, -0.15) is 5.26 Å². The number of piperidine rings is 1. The molecule has 1 aliphatic heterocycles. The molecular formula is C15H18FIN2O2. The summed E-state index contributed by atoms with van der Waals surface area (Å²) in [6, 6.07) is 7.01. The fourth-order valence-corrected chi connectivity index (χ4v) is 3.15. The number of aliphatic hydroxyl groups excluding tert-OH is 1. The molecule has 1 N–H and O–H groups in total. The summed E-state index contributed by atoms with van der Waals surface area (Å²) in [6.07, 6.45) is 1.85. The van der Waals surface area contributed by atoms with Crippen molar-refractivity contribution in [2.24, 2.45) is 0 Å². The second kappa shape index (κ2) is 8.03. The summed E-state index contributed by atoms with van der Waals surface area (Å²) >= 11 is 1.87. The summed E-state index contributed by atoms with van der Waals surface area (Å²) in [5.74, 6) is -0.431. The van der Waals surface area contributed by atoms with Gasteiger partial charge in [-0.05, 0) is 30.9 Å². The van der Waals surface area contributed by atoms with E-state index in [1.165, 1.54) is 6.07 Å². The van der Waals surface area contributed by atoms with Gasteiger partial charge in [0, 0.05) is 19.1 Å². The largest absolute Gasteiger partial charge is 0.392 e. The molecule has 21 heavy (non-hydrogen) atoms. The van der Waals surface area contributed by atoms with E-state index in [1.807, 2.05) is 29.1 Å². The molecule has 0 bridgehead atoms. The van der Waals surface area contributed by atoms with Gasteiger partial charge < -0.3 is 8.17 Å². The minimum Gasteiger partial charge on any atom is -0.392 e. The van der Waals surface area contributed by atoms with E-state index >= 15 is 0 Å². The van der Waals surface area contributed by atoms with Gasteiger partial charge in [0.05, 0.1) is 18.3 Å². The lowest BCUT2D eigenvalue weighted by Gasteiger charge is -2.37. The second-order valence-corrected chi connectivity index (χ2v) is 5.92. The molecule has 1 aromatic rings.